The fourth-order valence-corrected chi connectivity index (χ4v) is 1.89. The Morgan fingerprint density at radius 3 is 2.63 bits per heavy atom. The average molecular weight is 259 g/mol. The maximum absolute atomic E-state index is 11.5. The molecule has 0 aliphatic heterocycles. The van der Waals surface area contributed by atoms with Crippen LogP contribution >= 0.6 is 0 Å². The SMILES string of the molecule is C=CC(=O)N(C)Cc1c(C)oc2ccccc12.CC. The molecule has 0 saturated heterocycles. The normalized spacial score (nSPS) is 9.68. The number of rotatable bonds is 3. The summed E-state index contributed by atoms with van der Waals surface area (Å²) < 4.78 is 5.65. The number of carbonyl (C=O) groups excluding carboxylic acids is 1. The molecule has 0 aliphatic rings. The first-order chi connectivity index (χ1) is 9.13. The fourth-order valence-electron chi connectivity index (χ4n) is 1.89. The third-order valence-electron chi connectivity index (χ3n) is 2.85. The van der Waals surface area contributed by atoms with Crippen LogP contribution in [0.3, 0.4) is 0 Å². The minimum Gasteiger partial charge on any atom is -0.461 e. The first-order valence-electron chi connectivity index (χ1n) is 6.48. The van der Waals surface area contributed by atoms with E-state index >= 15 is 0 Å². The van der Waals surface area contributed by atoms with Crippen molar-refractivity contribution >= 4 is 16.9 Å². The van der Waals surface area contributed by atoms with E-state index in [9.17, 15) is 4.79 Å². The van der Waals surface area contributed by atoms with Crippen LogP contribution in [0, 0.1) is 6.92 Å². The third-order valence-corrected chi connectivity index (χ3v) is 2.85. The maximum Gasteiger partial charge on any atom is 0.245 e. The van der Waals surface area contributed by atoms with Gasteiger partial charge in [0.1, 0.15) is 11.3 Å². The molecule has 1 amide bonds. The van der Waals surface area contributed by atoms with Gasteiger partial charge in [0.05, 0.1) is 0 Å². The quantitative estimate of drug-likeness (QED) is 0.783. The highest BCUT2D eigenvalue weighted by molar-refractivity contribution is 5.88. The minimum absolute atomic E-state index is 0.0883. The van der Waals surface area contributed by atoms with Gasteiger partial charge in [0.25, 0.3) is 0 Å². The molecule has 0 aliphatic carbocycles. The Balaban J connectivity index is 0.000000861. The van der Waals surface area contributed by atoms with Crippen molar-refractivity contribution in [3.05, 3.63) is 48.2 Å². The van der Waals surface area contributed by atoms with Crippen molar-refractivity contribution in [3.8, 4) is 0 Å². The molecular formula is C16H21NO2. The van der Waals surface area contributed by atoms with Crippen LogP contribution in [0.15, 0.2) is 41.3 Å². The second kappa shape index (κ2) is 6.78. The summed E-state index contributed by atoms with van der Waals surface area (Å²) >= 11 is 0. The van der Waals surface area contributed by atoms with Crippen LogP contribution in [0.1, 0.15) is 25.2 Å². The van der Waals surface area contributed by atoms with Crippen molar-refractivity contribution in [1.82, 2.24) is 4.90 Å². The number of fused-ring (bicyclic) bond motifs is 1. The molecule has 0 spiro atoms. The Morgan fingerprint density at radius 1 is 1.37 bits per heavy atom. The Bertz CT molecular complexity index is 569. The Kier molecular flexibility index (Phi) is 5.37. The monoisotopic (exact) mass is 259 g/mol. The summed E-state index contributed by atoms with van der Waals surface area (Å²) in [6.07, 6.45) is 1.32. The predicted molar refractivity (Wildman–Crippen MR) is 79.0 cm³/mol. The molecule has 2 rings (SSSR count). The molecule has 0 bridgehead atoms. The van der Waals surface area contributed by atoms with Crippen LogP contribution in [0.2, 0.25) is 0 Å². The lowest BCUT2D eigenvalue weighted by molar-refractivity contribution is -0.125. The molecule has 102 valence electrons. The highest BCUT2D eigenvalue weighted by Crippen LogP contribution is 2.26. The zero-order valence-electron chi connectivity index (χ0n) is 12.1. The van der Waals surface area contributed by atoms with E-state index in [1.165, 1.54) is 6.08 Å². The Morgan fingerprint density at radius 2 is 2.00 bits per heavy atom. The zero-order chi connectivity index (χ0) is 14.4. The number of hydrogen-bond donors (Lipinski definition) is 0. The van der Waals surface area contributed by atoms with Gasteiger partial charge in [-0.05, 0) is 19.1 Å². The van der Waals surface area contributed by atoms with Gasteiger partial charge in [0.2, 0.25) is 5.91 Å². The lowest BCUT2D eigenvalue weighted by atomic mass is 10.1. The second-order valence-corrected chi connectivity index (χ2v) is 4.03. The van der Waals surface area contributed by atoms with Gasteiger partial charge in [-0.1, -0.05) is 38.6 Å². The van der Waals surface area contributed by atoms with Gasteiger partial charge in [-0.2, -0.15) is 0 Å². The van der Waals surface area contributed by atoms with Crippen LogP contribution in [0.4, 0.5) is 0 Å². The van der Waals surface area contributed by atoms with Gasteiger partial charge in [0.15, 0.2) is 0 Å². The number of aryl methyl sites for hydroxylation is 1. The van der Waals surface area contributed by atoms with Gasteiger partial charge in [-0.25, -0.2) is 0 Å². The largest absolute Gasteiger partial charge is 0.461 e. The highest BCUT2D eigenvalue weighted by atomic mass is 16.3. The van der Waals surface area contributed by atoms with Gasteiger partial charge in [-0.15, -0.1) is 0 Å². The van der Waals surface area contributed by atoms with E-state index in [2.05, 4.69) is 6.58 Å². The summed E-state index contributed by atoms with van der Waals surface area (Å²) in [5.41, 5.74) is 1.91. The van der Waals surface area contributed by atoms with E-state index in [4.69, 9.17) is 4.42 Å². The summed E-state index contributed by atoms with van der Waals surface area (Å²) in [6.45, 7) is 9.93. The first-order valence-corrected chi connectivity index (χ1v) is 6.48. The topological polar surface area (TPSA) is 33.5 Å². The predicted octanol–water partition coefficient (Wildman–Crippen LogP) is 3.91. The Labute approximate surface area is 114 Å². The molecule has 1 aromatic carbocycles. The van der Waals surface area contributed by atoms with Crippen LogP contribution in [0.5, 0.6) is 0 Å². The number of amides is 1. The van der Waals surface area contributed by atoms with Crippen molar-refractivity contribution in [1.29, 1.82) is 0 Å². The number of hydrogen-bond acceptors (Lipinski definition) is 2. The summed E-state index contributed by atoms with van der Waals surface area (Å²) in [6, 6.07) is 7.85. The molecule has 0 radical (unpaired) electrons. The molecule has 0 unspecified atom stereocenters. The maximum atomic E-state index is 11.5. The summed E-state index contributed by atoms with van der Waals surface area (Å²) in [7, 11) is 1.76. The molecule has 0 atom stereocenters. The molecule has 1 heterocycles. The van der Waals surface area contributed by atoms with Crippen LogP contribution in [0.25, 0.3) is 11.0 Å². The summed E-state index contributed by atoms with van der Waals surface area (Å²) in [5.74, 6) is 0.768. The smallest absolute Gasteiger partial charge is 0.245 e. The van der Waals surface area contributed by atoms with Crippen LogP contribution < -0.4 is 0 Å². The molecule has 3 nitrogen and oxygen atoms in total. The van der Waals surface area contributed by atoms with Crippen LogP contribution in [-0.2, 0) is 11.3 Å². The lowest BCUT2D eigenvalue weighted by Gasteiger charge is -2.14. The molecule has 3 heteroatoms. The molecule has 0 saturated carbocycles. The first kappa shape index (κ1) is 15.0. The van der Waals surface area contributed by atoms with Gasteiger partial charge in [0, 0.05) is 24.5 Å². The fraction of sp³-hybridized carbons (Fsp3) is 0.312. The number of benzene rings is 1. The third kappa shape index (κ3) is 3.25. The number of nitrogens with zero attached hydrogens (tertiary/aromatic N) is 1. The van der Waals surface area contributed by atoms with E-state index in [0.29, 0.717) is 6.54 Å². The number of para-hydroxylation sites is 1. The molecule has 0 N–H and O–H groups in total. The van der Waals surface area contributed by atoms with Crippen molar-refractivity contribution in [2.24, 2.45) is 0 Å². The van der Waals surface area contributed by atoms with E-state index in [1.807, 2.05) is 45.0 Å². The van der Waals surface area contributed by atoms with Gasteiger partial charge >= 0.3 is 0 Å². The average Bonchev–Trinajstić information content (AvgIpc) is 2.76. The van der Waals surface area contributed by atoms with Gasteiger partial charge in [-0.3, -0.25) is 4.79 Å². The number of likely N-dealkylation sites (N-methyl/N-ethyl adjacent to an activating group) is 1. The van der Waals surface area contributed by atoms with Crippen molar-refractivity contribution < 1.29 is 9.21 Å². The number of carbonyl (C=O) groups is 1. The van der Waals surface area contributed by atoms with E-state index in [1.54, 1.807) is 11.9 Å². The zero-order valence-corrected chi connectivity index (χ0v) is 12.1. The second-order valence-electron chi connectivity index (χ2n) is 4.03. The van der Waals surface area contributed by atoms with Crippen molar-refractivity contribution in [3.63, 3.8) is 0 Å². The Hall–Kier alpha value is -2.03. The van der Waals surface area contributed by atoms with Crippen molar-refractivity contribution in [2.75, 3.05) is 7.05 Å². The van der Waals surface area contributed by atoms with E-state index in [0.717, 1.165) is 22.3 Å². The van der Waals surface area contributed by atoms with Crippen molar-refractivity contribution in [2.45, 2.75) is 27.3 Å². The minimum atomic E-state index is -0.0883. The summed E-state index contributed by atoms with van der Waals surface area (Å²) in [5, 5.41) is 1.06. The summed E-state index contributed by atoms with van der Waals surface area (Å²) in [4.78, 5) is 13.1. The number of furan rings is 1. The molecule has 1 aromatic heterocycles. The van der Waals surface area contributed by atoms with E-state index < -0.39 is 0 Å². The van der Waals surface area contributed by atoms with Gasteiger partial charge < -0.3 is 9.32 Å². The molecule has 19 heavy (non-hydrogen) atoms. The lowest BCUT2D eigenvalue weighted by Crippen LogP contribution is -2.24. The van der Waals surface area contributed by atoms with E-state index in [-0.39, 0.29) is 5.91 Å². The standard InChI is InChI=1S/C14H15NO2.C2H6/c1-4-14(16)15(3)9-12-10(2)17-13-8-6-5-7-11(12)13;1-2/h4-8H,1,9H2,2-3H3;1-2H3. The van der Waals surface area contributed by atoms with Crippen LogP contribution in [-0.4, -0.2) is 17.9 Å². The molecular weight excluding hydrogens is 238 g/mol. The molecule has 2 aromatic rings. The highest BCUT2D eigenvalue weighted by Gasteiger charge is 2.13. The molecule has 0 fully saturated rings.